The van der Waals surface area contributed by atoms with Crippen LogP contribution in [0.3, 0.4) is 0 Å². The Labute approximate surface area is 221 Å². The fourth-order valence-corrected chi connectivity index (χ4v) is 5.42. The van der Waals surface area contributed by atoms with Gasteiger partial charge < -0.3 is 28.7 Å². The summed E-state index contributed by atoms with van der Waals surface area (Å²) in [5.74, 6) is 1.99. The quantitative estimate of drug-likeness (QED) is 0.317. The minimum atomic E-state index is -0.110. The molecule has 0 saturated carbocycles. The molecule has 38 heavy (non-hydrogen) atoms. The smallest absolute Gasteiger partial charge is 0.252 e. The summed E-state index contributed by atoms with van der Waals surface area (Å²) in [6.07, 6.45) is 2.88. The Morgan fingerprint density at radius 1 is 0.895 bits per heavy atom. The van der Waals surface area contributed by atoms with Gasteiger partial charge in [-0.1, -0.05) is 12.1 Å². The van der Waals surface area contributed by atoms with Crippen molar-refractivity contribution in [2.24, 2.45) is 0 Å². The van der Waals surface area contributed by atoms with E-state index in [9.17, 15) is 4.79 Å². The molecule has 1 N–H and O–H groups in total. The normalized spacial score (nSPS) is 12.1. The average molecular weight is 508 g/mol. The monoisotopic (exact) mass is 507 g/mol. The Morgan fingerprint density at radius 3 is 2.47 bits per heavy atom. The molecule has 6 rings (SSSR count). The van der Waals surface area contributed by atoms with Crippen LogP contribution < -0.4 is 19.5 Å². The minimum absolute atomic E-state index is 0.110. The number of methoxy groups -OCH3 is 3. The second kappa shape index (κ2) is 9.67. The summed E-state index contributed by atoms with van der Waals surface area (Å²) >= 11 is 0. The van der Waals surface area contributed by atoms with E-state index in [1.165, 1.54) is 17.0 Å². The highest BCUT2D eigenvalue weighted by atomic mass is 16.5. The highest BCUT2D eigenvalue weighted by Gasteiger charge is 2.27. The molecule has 0 radical (unpaired) electrons. The molecular weight excluding hydrogens is 478 g/mol. The maximum Gasteiger partial charge on any atom is 0.252 e. The summed E-state index contributed by atoms with van der Waals surface area (Å²) in [7, 11) is 4.88. The van der Waals surface area contributed by atoms with Crippen LogP contribution in [0.25, 0.3) is 16.6 Å². The van der Waals surface area contributed by atoms with Crippen molar-refractivity contribution >= 4 is 16.8 Å². The van der Waals surface area contributed by atoms with Gasteiger partial charge in [0.05, 0.1) is 33.4 Å². The lowest BCUT2D eigenvalue weighted by atomic mass is 9.98. The molecule has 0 spiro atoms. The van der Waals surface area contributed by atoms with Gasteiger partial charge in [0.2, 0.25) is 0 Å². The fourth-order valence-electron chi connectivity index (χ4n) is 5.42. The van der Waals surface area contributed by atoms with Crippen molar-refractivity contribution in [3.05, 3.63) is 107 Å². The molecule has 0 aliphatic carbocycles. The molecule has 7 heteroatoms. The fraction of sp³-hybridized carbons (Fsp3) is 0.194. The molecule has 3 heterocycles. The van der Waals surface area contributed by atoms with Gasteiger partial charge in [-0.2, -0.15) is 0 Å². The molecule has 1 amide bonds. The highest BCUT2D eigenvalue weighted by Crippen LogP contribution is 2.37. The number of hydrogen-bond acceptors (Lipinski definition) is 4. The van der Waals surface area contributed by atoms with Crippen molar-refractivity contribution in [3.8, 4) is 22.9 Å². The van der Waals surface area contributed by atoms with Gasteiger partial charge in [0.1, 0.15) is 5.75 Å². The molecule has 5 aromatic rings. The van der Waals surface area contributed by atoms with E-state index in [0.717, 1.165) is 40.9 Å². The lowest BCUT2D eigenvalue weighted by Gasteiger charge is -2.20. The van der Waals surface area contributed by atoms with Crippen molar-refractivity contribution < 1.29 is 19.0 Å². The first-order valence-corrected chi connectivity index (χ1v) is 12.5. The zero-order valence-electron chi connectivity index (χ0n) is 21.7. The molecule has 0 bridgehead atoms. The summed E-state index contributed by atoms with van der Waals surface area (Å²) < 4.78 is 20.7. The summed E-state index contributed by atoms with van der Waals surface area (Å²) in [6, 6.07) is 23.9. The number of benzene rings is 3. The highest BCUT2D eigenvalue weighted by molar-refractivity contribution is 6.08. The van der Waals surface area contributed by atoms with Crippen molar-refractivity contribution in [1.82, 2.24) is 14.5 Å². The second-order valence-corrected chi connectivity index (χ2v) is 9.33. The number of nitrogens with zero attached hydrogens (tertiary/aromatic N) is 2. The third-order valence-electron chi connectivity index (χ3n) is 7.28. The predicted molar refractivity (Wildman–Crippen MR) is 147 cm³/mol. The van der Waals surface area contributed by atoms with E-state index in [1.807, 2.05) is 42.5 Å². The van der Waals surface area contributed by atoms with Gasteiger partial charge in [0.15, 0.2) is 11.5 Å². The molecule has 0 unspecified atom stereocenters. The molecule has 0 fully saturated rings. The molecule has 1 aliphatic heterocycles. The van der Waals surface area contributed by atoms with Gasteiger partial charge in [-0.05, 0) is 71.8 Å². The second-order valence-electron chi connectivity index (χ2n) is 9.33. The first kappa shape index (κ1) is 23.7. The van der Waals surface area contributed by atoms with Crippen molar-refractivity contribution in [2.75, 3.05) is 21.3 Å². The van der Waals surface area contributed by atoms with E-state index < -0.39 is 0 Å². The molecule has 3 aromatic carbocycles. The van der Waals surface area contributed by atoms with Crippen molar-refractivity contribution in [1.29, 1.82) is 0 Å². The van der Waals surface area contributed by atoms with E-state index in [2.05, 4.69) is 51.0 Å². The zero-order valence-corrected chi connectivity index (χ0v) is 21.7. The molecule has 192 valence electrons. The first-order valence-electron chi connectivity index (χ1n) is 12.5. The Morgan fingerprint density at radius 2 is 1.71 bits per heavy atom. The number of rotatable bonds is 7. The van der Waals surface area contributed by atoms with E-state index in [4.69, 9.17) is 14.2 Å². The van der Waals surface area contributed by atoms with E-state index in [1.54, 1.807) is 21.3 Å². The molecule has 0 saturated heterocycles. The maximum absolute atomic E-state index is 13.6. The van der Waals surface area contributed by atoms with Gasteiger partial charge in [-0.3, -0.25) is 4.79 Å². The predicted octanol–water partition coefficient (Wildman–Crippen LogP) is 5.34. The first-order chi connectivity index (χ1) is 18.6. The molecule has 0 atom stereocenters. The lowest BCUT2D eigenvalue weighted by Crippen LogP contribution is -2.23. The zero-order chi connectivity index (χ0) is 26.2. The topological polar surface area (TPSA) is 66.7 Å². The number of fused-ring (bicyclic) bond motifs is 4. The number of ether oxygens (including phenoxy) is 3. The summed E-state index contributed by atoms with van der Waals surface area (Å²) in [5, 5.41) is 4.11. The average Bonchev–Trinajstić information content (AvgIpc) is 3.56. The van der Waals surface area contributed by atoms with Crippen LogP contribution >= 0.6 is 0 Å². The van der Waals surface area contributed by atoms with E-state index in [0.29, 0.717) is 23.6 Å². The number of carbonyl (C=O) groups excluding carboxylic acids is 1. The number of hydrogen-bond donors (Lipinski definition) is 1. The van der Waals surface area contributed by atoms with Gasteiger partial charge in [-0.25, -0.2) is 0 Å². The van der Waals surface area contributed by atoms with Crippen LogP contribution in [-0.4, -0.2) is 36.4 Å². The van der Waals surface area contributed by atoms with Crippen LogP contribution in [0, 0.1) is 0 Å². The maximum atomic E-state index is 13.6. The van der Waals surface area contributed by atoms with Crippen molar-refractivity contribution in [2.45, 2.75) is 19.5 Å². The van der Waals surface area contributed by atoms with Crippen LogP contribution in [0.4, 0.5) is 0 Å². The SMILES string of the molecule is COc1ccc(-n2c3c(c4c(C(=O)NCc5ccc(OC)c(OC)c5)cccc42)Cc2cccn2C3)cc1. The van der Waals surface area contributed by atoms with Crippen LogP contribution in [0.5, 0.6) is 17.2 Å². The summed E-state index contributed by atoms with van der Waals surface area (Å²) in [5.41, 5.74) is 7.28. The Bertz CT molecular complexity index is 1650. The third kappa shape index (κ3) is 3.96. The Kier molecular flexibility index (Phi) is 6.04. The largest absolute Gasteiger partial charge is 0.497 e. The summed E-state index contributed by atoms with van der Waals surface area (Å²) in [6.45, 7) is 1.12. The number of amides is 1. The van der Waals surface area contributed by atoms with Gasteiger partial charge in [0.25, 0.3) is 5.91 Å². The van der Waals surface area contributed by atoms with Gasteiger partial charge in [0, 0.05) is 47.2 Å². The number of carbonyl (C=O) groups is 1. The van der Waals surface area contributed by atoms with Crippen molar-refractivity contribution in [3.63, 3.8) is 0 Å². The molecule has 2 aromatic heterocycles. The Balaban J connectivity index is 1.41. The lowest BCUT2D eigenvalue weighted by molar-refractivity contribution is 0.0952. The van der Waals surface area contributed by atoms with E-state index >= 15 is 0 Å². The molecule has 1 aliphatic rings. The van der Waals surface area contributed by atoms with Crippen LogP contribution in [0.2, 0.25) is 0 Å². The minimum Gasteiger partial charge on any atom is -0.497 e. The standard InChI is InChI=1S/C31H29N3O4/c1-36-23-12-10-21(11-13-23)34-26-8-4-7-24(30(26)25-17-22-6-5-15-33(22)19-27(25)34)31(35)32-18-20-9-14-28(37-2)29(16-20)38-3/h4-16H,17-19H2,1-3H3,(H,32,35). The number of aromatic nitrogens is 2. The van der Waals surface area contributed by atoms with Crippen LogP contribution in [0.1, 0.15) is 32.9 Å². The number of nitrogens with one attached hydrogen (secondary N) is 1. The van der Waals surface area contributed by atoms with Gasteiger partial charge in [-0.15, -0.1) is 0 Å². The summed E-state index contributed by atoms with van der Waals surface area (Å²) in [4.78, 5) is 13.6. The molecular formula is C31H29N3O4. The van der Waals surface area contributed by atoms with Crippen LogP contribution in [-0.2, 0) is 19.5 Å². The van der Waals surface area contributed by atoms with Crippen LogP contribution in [0.15, 0.2) is 79.0 Å². The Hall–Kier alpha value is -4.65. The van der Waals surface area contributed by atoms with E-state index in [-0.39, 0.29) is 5.91 Å². The third-order valence-corrected chi connectivity index (χ3v) is 7.28. The molecule has 7 nitrogen and oxygen atoms in total. The van der Waals surface area contributed by atoms with Gasteiger partial charge >= 0.3 is 0 Å².